The summed E-state index contributed by atoms with van der Waals surface area (Å²) in [4.78, 5) is 0. The maximum absolute atomic E-state index is 5.59. The Morgan fingerprint density at radius 1 is 0.923 bits per heavy atom. The Hall–Kier alpha value is -2.75. The van der Waals surface area contributed by atoms with Gasteiger partial charge < -0.3 is 9.47 Å². The van der Waals surface area contributed by atoms with Crippen LogP contribution < -0.4 is 14.0 Å². The van der Waals surface area contributed by atoms with Gasteiger partial charge in [-0.25, -0.2) is 4.57 Å². The fraction of sp³-hybridized carbons (Fsp3) is 0.318. The maximum Gasteiger partial charge on any atom is 0.262 e. The van der Waals surface area contributed by atoms with Gasteiger partial charge in [0, 0.05) is 18.1 Å². The summed E-state index contributed by atoms with van der Waals surface area (Å²) >= 11 is 0. The number of hydrogen-bond acceptors (Lipinski definition) is 2. The number of aromatic nitrogens is 2. The highest BCUT2D eigenvalue weighted by molar-refractivity contribution is 5.58. The van der Waals surface area contributed by atoms with Gasteiger partial charge in [0.05, 0.1) is 6.54 Å². The maximum atomic E-state index is 5.59. The van der Waals surface area contributed by atoms with E-state index in [4.69, 9.17) is 9.47 Å². The summed E-state index contributed by atoms with van der Waals surface area (Å²) in [5.74, 6) is 3.04. The zero-order valence-corrected chi connectivity index (χ0v) is 15.1. The van der Waals surface area contributed by atoms with E-state index in [2.05, 4.69) is 58.7 Å². The standard InChI is InChI=1S/C22H23N2O2/c1-16-6-8-17(9-7-16)19-14-24(22-5-3-2-4-12-23(19)22)18-10-11-20-21(13-18)26-15-25-20/h6-11,13-14H,2-5,12,15H2,1H3/q+1. The molecule has 0 bridgehead atoms. The summed E-state index contributed by atoms with van der Waals surface area (Å²) in [6.45, 7) is 3.53. The Labute approximate surface area is 153 Å². The Kier molecular flexibility index (Phi) is 3.70. The van der Waals surface area contributed by atoms with Gasteiger partial charge in [0.1, 0.15) is 11.9 Å². The molecular weight excluding hydrogens is 324 g/mol. The van der Waals surface area contributed by atoms with Crippen LogP contribution >= 0.6 is 0 Å². The van der Waals surface area contributed by atoms with Gasteiger partial charge in [0.2, 0.25) is 6.79 Å². The third-order valence-electron chi connectivity index (χ3n) is 5.40. The van der Waals surface area contributed by atoms with Crippen molar-refractivity contribution in [3.8, 4) is 28.4 Å². The van der Waals surface area contributed by atoms with Crippen LogP contribution in [-0.4, -0.2) is 11.4 Å². The average Bonchev–Trinajstić information content (AvgIpc) is 3.19. The SMILES string of the molecule is Cc1ccc(-c2cn(-c3ccc4c(c3)OCO4)c3[n+]2CCCCC3)cc1. The van der Waals surface area contributed by atoms with Gasteiger partial charge >= 0.3 is 0 Å². The summed E-state index contributed by atoms with van der Waals surface area (Å²) in [6, 6.07) is 15.1. The second kappa shape index (κ2) is 6.20. The summed E-state index contributed by atoms with van der Waals surface area (Å²) in [5, 5.41) is 0. The first-order chi connectivity index (χ1) is 12.8. The fourth-order valence-electron chi connectivity index (χ4n) is 3.98. The molecule has 4 heteroatoms. The highest BCUT2D eigenvalue weighted by Gasteiger charge is 2.28. The van der Waals surface area contributed by atoms with Crippen LogP contribution in [-0.2, 0) is 13.0 Å². The minimum absolute atomic E-state index is 0.311. The van der Waals surface area contributed by atoms with Gasteiger partial charge in [-0.1, -0.05) is 29.8 Å². The van der Waals surface area contributed by atoms with E-state index in [-0.39, 0.29) is 0 Å². The summed E-state index contributed by atoms with van der Waals surface area (Å²) in [6.07, 6.45) is 7.14. The van der Waals surface area contributed by atoms with E-state index in [1.807, 2.05) is 6.07 Å². The molecule has 2 aliphatic rings. The Morgan fingerprint density at radius 3 is 2.65 bits per heavy atom. The Morgan fingerprint density at radius 2 is 1.77 bits per heavy atom. The van der Waals surface area contributed by atoms with E-state index in [1.54, 1.807) is 0 Å². The van der Waals surface area contributed by atoms with Gasteiger partial charge in [-0.3, -0.25) is 0 Å². The molecule has 0 saturated carbocycles. The second-order valence-corrected chi connectivity index (χ2v) is 7.17. The Balaban J connectivity index is 1.67. The quantitative estimate of drug-likeness (QED) is 0.650. The van der Waals surface area contributed by atoms with Crippen LogP contribution in [0.1, 0.15) is 30.7 Å². The van der Waals surface area contributed by atoms with E-state index < -0.39 is 0 Å². The van der Waals surface area contributed by atoms with Crippen LogP contribution in [0.3, 0.4) is 0 Å². The smallest absolute Gasteiger partial charge is 0.262 e. The molecule has 0 aliphatic carbocycles. The summed E-state index contributed by atoms with van der Waals surface area (Å²) in [5.41, 5.74) is 5.00. The fourth-order valence-corrected chi connectivity index (χ4v) is 3.98. The predicted octanol–water partition coefficient (Wildman–Crippen LogP) is 4.20. The van der Waals surface area contributed by atoms with Crippen LogP contribution in [0, 0.1) is 6.92 Å². The van der Waals surface area contributed by atoms with Crippen LogP contribution in [0.5, 0.6) is 11.5 Å². The number of ether oxygens (including phenoxy) is 2. The largest absolute Gasteiger partial charge is 0.454 e. The van der Waals surface area contributed by atoms with Crippen molar-refractivity contribution in [3.63, 3.8) is 0 Å². The molecule has 0 fully saturated rings. The van der Waals surface area contributed by atoms with Crippen molar-refractivity contribution in [2.24, 2.45) is 0 Å². The molecule has 2 aliphatic heterocycles. The molecule has 0 saturated heterocycles. The lowest BCUT2D eigenvalue weighted by atomic mass is 10.1. The van der Waals surface area contributed by atoms with Gasteiger partial charge in [0.15, 0.2) is 17.2 Å². The first-order valence-corrected chi connectivity index (χ1v) is 9.41. The van der Waals surface area contributed by atoms with Crippen molar-refractivity contribution in [2.75, 3.05) is 6.79 Å². The molecule has 2 aromatic carbocycles. The van der Waals surface area contributed by atoms with Gasteiger partial charge in [-0.15, -0.1) is 0 Å². The highest BCUT2D eigenvalue weighted by atomic mass is 16.7. The van der Waals surface area contributed by atoms with E-state index in [1.165, 1.54) is 41.9 Å². The molecule has 5 rings (SSSR count). The molecular formula is C22H23N2O2+. The first-order valence-electron chi connectivity index (χ1n) is 9.41. The third kappa shape index (κ3) is 2.57. The van der Waals surface area contributed by atoms with Crippen LogP contribution in [0.15, 0.2) is 48.7 Å². The van der Waals surface area contributed by atoms with Gasteiger partial charge in [0.25, 0.3) is 5.82 Å². The van der Waals surface area contributed by atoms with E-state index >= 15 is 0 Å². The average molecular weight is 347 g/mol. The molecule has 0 amide bonds. The molecule has 3 aromatic rings. The number of fused-ring (bicyclic) bond motifs is 2. The normalized spacial score (nSPS) is 15.6. The van der Waals surface area contributed by atoms with Gasteiger partial charge in [-0.2, -0.15) is 4.57 Å². The molecule has 0 radical (unpaired) electrons. The Bertz CT molecular complexity index is 957. The number of nitrogens with zero attached hydrogens (tertiary/aromatic N) is 2. The number of aryl methyl sites for hydroxylation is 1. The molecule has 1 aromatic heterocycles. The predicted molar refractivity (Wildman–Crippen MR) is 99.8 cm³/mol. The molecule has 0 atom stereocenters. The van der Waals surface area contributed by atoms with Gasteiger partial charge in [-0.05, 0) is 38.3 Å². The lowest BCUT2D eigenvalue weighted by Gasteiger charge is -2.04. The molecule has 0 N–H and O–H groups in total. The molecule has 132 valence electrons. The third-order valence-corrected chi connectivity index (χ3v) is 5.40. The lowest BCUT2D eigenvalue weighted by Crippen LogP contribution is -2.38. The number of hydrogen-bond donors (Lipinski definition) is 0. The minimum Gasteiger partial charge on any atom is -0.454 e. The zero-order valence-electron chi connectivity index (χ0n) is 15.1. The van der Waals surface area contributed by atoms with Crippen molar-refractivity contribution in [2.45, 2.75) is 39.2 Å². The molecule has 26 heavy (non-hydrogen) atoms. The van der Waals surface area contributed by atoms with Crippen molar-refractivity contribution in [1.29, 1.82) is 0 Å². The second-order valence-electron chi connectivity index (χ2n) is 7.17. The molecule has 4 nitrogen and oxygen atoms in total. The van der Waals surface area contributed by atoms with E-state index in [0.29, 0.717) is 6.79 Å². The minimum atomic E-state index is 0.311. The van der Waals surface area contributed by atoms with Crippen molar-refractivity contribution in [3.05, 3.63) is 60.0 Å². The molecule has 0 unspecified atom stereocenters. The summed E-state index contributed by atoms with van der Waals surface area (Å²) in [7, 11) is 0. The van der Waals surface area contributed by atoms with Crippen molar-refractivity contribution >= 4 is 0 Å². The number of rotatable bonds is 2. The molecule has 0 spiro atoms. The number of imidazole rings is 1. The van der Waals surface area contributed by atoms with Crippen molar-refractivity contribution < 1.29 is 14.0 Å². The summed E-state index contributed by atoms with van der Waals surface area (Å²) < 4.78 is 15.9. The monoisotopic (exact) mass is 347 g/mol. The zero-order chi connectivity index (χ0) is 17.5. The van der Waals surface area contributed by atoms with Crippen molar-refractivity contribution in [1.82, 2.24) is 4.57 Å². The highest BCUT2D eigenvalue weighted by Crippen LogP contribution is 2.34. The van der Waals surface area contributed by atoms with Crippen LogP contribution in [0.4, 0.5) is 0 Å². The van der Waals surface area contributed by atoms with E-state index in [0.717, 1.165) is 30.2 Å². The topological polar surface area (TPSA) is 27.3 Å². The van der Waals surface area contributed by atoms with Crippen LogP contribution in [0.2, 0.25) is 0 Å². The number of benzene rings is 2. The lowest BCUT2D eigenvalue weighted by molar-refractivity contribution is -0.692. The molecule has 3 heterocycles. The van der Waals surface area contributed by atoms with Crippen LogP contribution in [0.25, 0.3) is 16.9 Å². The van der Waals surface area contributed by atoms with E-state index in [9.17, 15) is 0 Å². The first kappa shape index (κ1) is 15.5.